The Morgan fingerprint density at radius 3 is 2.19 bits per heavy atom. The average Bonchev–Trinajstić information content (AvgIpc) is 2.19. The van der Waals surface area contributed by atoms with Gasteiger partial charge in [0, 0.05) is 0 Å². The smallest absolute Gasteiger partial charge is 0.120 e. The van der Waals surface area contributed by atoms with Crippen LogP contribution in [0, 0.1) is 24.2 Å². The van der Waals surface area contributed by atoms with E-state index in [2.05, 4.69) is 17.8 Å². The van der Waals surface area contributed by atoms with Gasteiger partial charge in [0.2, 0.25) is 0 Å². The van der Waals surface area contributed by atoms with Crippen molar-refractivity contribution in [2.45, 2.75) is 45.1 Å². The van der Waals surface area contributed by atoms with E-state index in [-0.39, 0.29) is 0 Å². The molecule has 0 aliphatic heterocycles. The number of allylic oxidation sites excluding steroid dienone is 4. The van der Waals surface area contributed by atoms with Gasteiger partial charge in [-0.1, -0.05) is 29.9 Å². The maximum atomic E-state index is 9.31. The molecule has 86 valence electrons. The van der Waals surface area contributed by atoms with Crippen molar-refractivity contribution in [1.29, 1.82) is 0 Å². The van der Waals surface area contributed by atoms with E-state index in [9.17, 15) is 5.11 Å². The number of rotatable bonds is 5. The van der Waals surface area contributed by atoms with Crippen LogP contribution in [-0.4, -0.2) is 10.7 Å². The lowest BCUT2D eigenvalue weighted by Crippen LogP contribution is -2.14. The Morgan fingerprint density at radius 1 is 1.12 bits per heavy atom. The first-order chi connectivity index (χ1) is 7.56. The highest BCUT2D eigenvalue weighted by atomic mass is 16.3. The molecule has 0 aromatic heterocycles. The predicted octanol–water partition coefficient (Wildman–Crippen LogP) is 3.07. The molecular formula is C15H20O. The number of hydrogen-bond donors (Lipinski definition) is 1. The minimum absolute atomic E-state index is 0.898. The molecule has 0 aliphatic carbocycles. The van der Waals surface area contributed by atoms with Gasteiger partial charge in [-0.15, -0.1) is 6.42 Å². The van der Waals surface area contributed by atoms with Gasteiger partial charge in [-0.2, -0.15) is 0 Å². The summed E-state index contributed by atoms with van der Waals surface area (Å²) in [4.78, 5) is 0. The third-order valence-corrected chi connectivity index (χ3v) is 1.78. The predicted molar refractivity (Wildman–Crippen MR) is 69.7 cm³/mol. The Kier molecular flexibility index (Phi) is 8.04. The lowest BCUT2D eigenvalue weighted by Gasteiger charge is -2.04. The Bertz CT molecular complexity index is 323. The molecular weight excluding hydrogens is 196 g/mol. The Balaban J connectivity index is 3.52. The third kappa shape index (κ3) is 12.6. The lowest BCUT2D eigenvalue weighted by atomic mass is 10.1. The summed E-state index contributed by atoms with van der Waals surface area (Å²) in [7, 11) is 0. The minimum Gasteiger partial charge on any atom is -0.378 e. The molecule has 0 fully saturated rings. The largest absolute Gasteiger partial charge is 0.378 e. The molecule has 0 spiro atoms. The van der Waals surface area contributed by atoms with Crippen LogP contribution in [0.5, 0.6) is 0 Å². The molecule has 0 rings (SSSR count). The Labute approximate surface area is 99.3 Å². The van der Waals surface area contributed by atoms with Crippen molar-refractivity contribution in [1.82, 2.24) is 0 Å². The van der Waals surface area contributed by atoms with Gasteiger partial charge in [0.25, 0.3) is 0 Å². The van der Waals surface area contributed by atoms with Crippen molar-refractivity contribution in [2.75, 3.05) is 0 Å². The van der Waals surface area contributed by atoms with Crippen molar-refractivity contribution in [3.05, 3.63) is 24.3 Å². The van der Waals surface area contributed by atoms with E-state index in [0.717, 1.165) is 25.7 Å². The van der Waals surface area contributed by atoms with Crippen LogP contribution >= 0.6 is 0 Å². The van der Waals surface area contributed by atoms with E-state index in [0.29, 0.717) is 0 Å². The molecule has 0 saturated carbocycles. The van der Waals surface area contributed by atoms with Gasteiger partial charge in [-0.3, -0.25) is 0 Å². The molecule has 1 heteroatoms. The van der Waals surface area contributed by atoms with Crippen molar-refractivity contribution >= 4 is 0 Å². The van der Waals surface area contributed by atoms with Crippen molar-refractivity contribution in [3.8, 4) is 24.2 Å². The summed E-state index contributed by atoms with van der Waals surface area (Å²) < 4.78 is 0. The first-order valence-corrected chi connectivity index (χ1v) is 5.57. The fraction of sp³-hybridized carbons (Fsp3) is 0.467. The van der Waals surface area contributed by atoms with Crippen LogP contribution in [0.4, 0.5) is 0 Å². The summed E-state index contributed by atoms with van der Waals surface area (Å²) in [6, 6.07) is 0. The Morgan fingerprint density at radius 2 is 1.69 bits per heavy atom. The van der Waals surface area contributed by atoms with Gasteiger partial charge in [0.1, 0.15) is 5.60 Å². The van der Waals surface area contributed by atoms with E-state index >= 15 is 0 Å². The van der Waals surface area contributed by atoms with Crippen LogP contribution in [0.3, 0.4) is 0 Å². The normalized spacial score (nSPS) is 11.4. The van der Waals surface area contributed by atoms with Crippen LogP contribution in [0.25, 0.3) is 0 Å². The van der Waals surface area contributed by atoms with E-state index < -0.39 is 5.60 Å². The summed E-state index contributed by atoms with van der Waals surface area (Å²) in [5.41, 5.74) is -0.898. The summed E-state index contributed by atoms with van der Waals surface area (Å²) >= 11 is 0. The number of terminal acetylenes is 1. The molecule has 0 aromatic rings. The van der Waals surface area contributed by atoms with E-state index in [1.165, 1.54) is 0 Å². The van der Waals surface area contributed by atoms with Gasteiger partial charge >= 0.3 is 0 Å². The molecule has 0 atom stereocenters. The zero-order chi connectivity index (χ0) is 12.3. The Hall–Kier alpha value is -1.44. The quantitative estimate of drug-likeness (QED) is 0.553. The topological polar surface area (TPSA) is 20.2 Å². The van der Waals surface area contributed by atoms with Crippen LogP contribution in [0.2, 0.25) is 0 Å². The summed E-state index contributed by atoms with van der Waals surface area (Å²) in [5, 5.41) is 9.31. The number of aliphatic hydroxyl groups is 1. The van der Waals surface area contributed by atoms with Gasteiger partial charge < -0.3 is 5.11 Å². The van der Waals surface area contributed by atoms with Gasteiger partial charge in [0.15, 0.2) is 0 Å². The highest BCUT2D eigenvalue weighted by Gasteiger charge is 2.04. The van der Waals surface area contributed by atoms with E-state index in [1.54, 1.807) is 26.0 Å². The minimum atomic E-state index is -0.898. The molecule has 0 aliphatic rings. The second-order valence-corrected chi connectivity index (χ2v) is 4.08. The first-order valence-electron chi connectivity index (χ1n) is 5.57. The highest BCUT2D eigenvalue weighted by molar-refractivity contribution is 5.20. The zero-order valence-electron chi connectivity index (χ0n) is 10.2. The summed E-state index contributed by atoms with van der Waals surface area (Å²) in [5.74, 6) is 8.01. The standard InChI is InChI=1S/C15H20O/c1-4-5-6-7-8-9-10-11-12-13-14-15(2,3)16/h1,5-6,11-12,16H,7-10H2,2-3H3/b6-5-,12-11-. The monoisotopic (exact) mass is 216 g/mol. The summed E-state index contributed by atoms with van der Waals surface area (Å²) in [6.45, 7) is 3.34. The second-order valence-electron chi connectivity index (χ2n) is 4.08. The van der Waals surface area contributed by atoms with Crippen molar-refractivity contribution in [3.63, 3.8) is 0 Å². The number of hydrogen-bond acceptors (Lipinski definition) is 1. The molecule has 0 heterocycles. The molecule has 0 unspecified atom stereocenters. The molecule has 0 aromatic carbocycles. The van der Waals surface area contributed by atoms with Crippen LogP contribution < -0.4 is 0 Å². The molecule has 0 amide bonds. The molecule has 1 N–H and O–H groups in total. The molecule has 1 nitrogen and oxygen atoms in total. The maximum Gasteiger partial charge on any atom is 0.120 e. The molecule has 16 heavy (non-hydrogen) atoms. The van der Waals surface area contributed by atoms with Gasteiger partial charge in [0.05, 0.1) is 0 Å². The first kappa shape index (κ1) is 14.6. The highest BCUT2D eigenvalue weighted by Crippen LogP contribution is 2.01. The molecule has 0 saturated heterocycles. The van der Waals surface area contributed by atoms with E-state index in [1.807, 2.05) is 12.2 Å². The zero-order valence-corrected chi connectivity index (χ0v) is 10.2. The van der Waals surface area contributed by atoms with E-state index in [4.69, 9.17) is 6.42 Å². The average molecular weight is 216 g/mol. The van der Waals surface area contributed by atoms with Crippen LogP contribution in [0.1, 0.15) is 39.5 Å². The maximum absolute atomic E-state index is 9.31. The van der Waals surface area contributed by atoms with Crippen LogP contribution in [-0.2, 0) is 0 Å². The van der Waals surface area contributed by atoms with Gasteiger partial charge in [-0.25, -0.2) is 0 Å². The van der Waals surface area contributed by atoms with Crippen LogP contribution in [0.15, 0.2) is 24.3 Å². The van der Waals surface area contributed by atoms with Crippen molar-refractivity contribution in [2.24, 2.45) is 0 Å². The lowest BCUT2D eigenvalue weighted by molar-refractivity contribution is 0.143. The fourth-order valence-electron chi connectivity index (χ4n) is 1.04. The summed E-state index contributed by atoms with van der Waals surface area (Å²) in [6.07, 6.45) is 17.0. The molecule has 0 radical (unpaired) electrons. The van der Waals surface area contributed by atoms with Crippen molar-refractivity contribution < 1.29 is 5.11 Å². The molecule has 0 bridgehead atoms. The third-order valence-electron chi connectivity index (χ3n) is 1.78. The van der Waals surface area contributed by atoms with Gasteiger partial charge in [-0.05, 0) is 51.7 Å². The number of unbranched alkanes of at least 4 members (excludes halogenated alkanes) is 3. The SMILES string of the molecule is C#C/C=C\CCCC/C=C\C#CC(C)(C)O. The fourth-order valence-corrected chi connectivity index (χ4v) is 1.04. The second kappa shape index (κ2) is 8.84.